The number of piperidine rings is 1. The van der Waals surface area contributed by atoms with E-state index in [2.05, 4.69) is 27.7 Å². The molecule has 0 bridgehead atoms. The Bertz CT molecular complexity index is 676. The number of likely N-dealkylation sites (tertiary alicyclic amines) is 1. The van der Waals surface area contributed by atoms with Crippen LogP contribution in [0.4, 0.5) is 0 Å². The van der Waals surface area contributed by atoms with Crippen LogP contribution in [-0.2, 0) is 9.59 Å². The third-order valence-corrected chi connectivity index (χ3v) is 6.99. The molecule has 0 aromatic heterocycles. The average molecular weight is 384 g/mol. The van der Waals surface area contributed by atoms with Crippen LogP contribution < -0.4 is 10.6 Å². The van der Waals surface area contributed by atoms with Crippen LogP contribution in [0, 0.1) is 5.92 Å². The van der Waals surface area contributed by atoms with Crippen molar-refractivity contribution in [1.29, 1.82) is 0 Å². The molecule has 1 atom stereocenters. The Hall–Kier alpha value is -1.88. The number of rotatable bonds is 5. The third kappa shape index (κ3) is 4.57. The van der Waals surface area contributed by atoms with Crippen LogP contribution in [0.2, 0.25) is 0 Å². The highest BCUT2D eigenvalue weighted by molar-refractivity contribution is 5.87. The molecule has 3 fully saturated rings. The van der Waals surface area contributed by atoms with E-state index in [1.54, 1.807) is 0 Å². The van der Waals surface area contributed by atoms with E-state index >= 15 is 0 Å². The van der Waals surface area contributed by atoms with Gasteiger partial charge in [-0.1, -0.05) is 49.6 Å². The highest BCUT2D eigenvalue weighted by Gasteiger charge is 2.46. The second-order valence-electron chi connectivity index (χ2n) is 9.02. The first-order chi connectivity index (χ1) is 13.6. The Morgan fingerprint density at radius 1 is 1.11 bits per heavy atom. The number of amides is 2. The molecule has 2 N–H and O–H groups in total. The zero-order chi connectivity index (χ0) is 19.4. The summed E-state index contributed by atoms with van der Waals surface area (Å²) < 4.78 is 0. The smallest absolute Gasteiger partial charge is 0.234 e. The lowest BCUT2D eigenvalue weighted by molar-refractivity contribution is -0.124. The van der Waals surface area contributed by atoms with Gasteiger partial charge in [-0.25, -0.2) is 0 Å². The number of benzene rings is 1. The molecule has 1 saturated carbocycles. The van der Waals surface area contributed by atoms with E-state index in [0.29, 0.717) is 12.5 Å². The van der Waals surface area contributed by atoms with Gasteiger partial charge in [0.1, 0.15) is 0 Å². The van der Waals surface area contributed by atoms with Gasteiger partial charge in [-0.05, 0) is 43.6 Å². The molecule has 3 aliphatic rings. The first kappa shape index (κ1) is 19.4. The van der Waals surface area contributed by atoms with E-state index in [9.17, 15) is 9.59 Å². The van der Waals surface area contributed by atoms with Gasteiger partial charge < -0.3 is 10.6 Å². The number of carbonyl (C=O) groups is 2. The van der Waals surface area contributed by atoms with E-state index in [1.807, 2.05) is 18.2 Å². The minimum Gasteiger partial charge on any atom is -0.355 e. The van der Waals surface area contributed by atoms with Crippen LogP contribution in [0.5, 0.6) is 0 Å². The van der Waals surface area contributed by atoms with Gasteiger partial charge in [0.2, 0.25) is 11.8 Å². The second-order valence-corrected chi connectivity index (χ2v) is 9.02. The zero-order valence-electron chi connectivity index (χ0n) is 16.8. The molecule has 2 aliphatic heterocycles. The molecule has 28 heavy (non-hydrogen) atoms. The Morgan fingerprint density at radius 3 is 2.54 bits per heavy atom. The molecule has 2 saturated heterocycles. The Balaban J connectivity index is 1.23. The summed E-state index contributed by atoms with van der Waals surface area (Å²) in [7, 11) is 0. The van der Waals surface area contributed by atoms with Crippen LogP contribution in [-0.4, -0.2) is 48.4 Å². The van der Waals surface area contributed by atoms with E-state index in [0.717, 1.165) is 44.5 Å². The summed E-state index contributed by atoms with van der Waals surface area (Å²) in [4.78, 5) is 27.1. The lowest BCUT2D eigenvalue weighted by Crippen LogP contribution is -2.52. The number of carbonyl (C=O) groups excluding carboxylic acids is 2. The topological polar surface area (TPSA) is 61.4 Å². The monoisotopic (exact) mass is 383 g/mol. The summed E-state index contributed by atoms with van der Waals surface area (Å²) in [5, 5.41) is 6.44. The molecule has 4 rings (SSSR count). The summed E-state index contributed by atoms with van der Waals surface area (Å²) in [5.74, 6) is 0.946. The van der Waals surface area contributed by atoms with Gasteiger partial charge in [-0.15, -0.1) is 0 Å². The average Bonchev–Trinajstić information content (AvgIpc) is 3.06. The molecular formula is C23H33N3O2. The van der Waals surface area contributed by atoms with Gasteiger partial charge in [0.15, 0.2) is 0 Å². The fraction of sp³-hybridized carbons (Fsp3) is 0.652. The summed E-state index contributed by atoms with van der Waals surface area (Å²) in [6.45, 7) is 3.07. The molecule has 5 heteroatoms. The van der Waals surface area contributed by atoms with E-state index in [-0.39, 0.29) is 23.3 Å². The Morgan fingerprint density at radius 2 is 1.82 bits per heavy atom. The van der Waals surface area contributed by atoms with E-state index in [4.69, 9.17) is 0 Å². The van der Waals surface area contributed by atoms with Crippen molar-refractivity contribution in [1.82, 2.24) is 15.5 Å². The minimum absolute atomic E-state index is 0.0356. The molecule has 0 radical (unpaired) electrons. The number of nitrogens with one attached hydrogen (secondary N) is 2. The highest BCUT2D eigenvalue weighted by Crippen LogP contribution is 2.39. The predicted octanol–water partition coefficient (Wildman–Crippen LogP) is 2.82. The summed E-state index contributed by atoms with van der Waals surface area (Å²) in [6.07, 6.45) is 9.22. The maximum atomic E-state index is 12.6. The summed E-state index contributed by atoms with van der Waals surface area (Å²) >= 11 is 0. The van der Waals surface area contributed by atoms with Crippen molar-refractivity contribution in [2.45, 2.75) is 62.8 Å². The molecule has 1 aromatic rings. The number of nitrogens with zero attached hydrogens (tertiary/aromatic N) is 1. The van der Waals surface area contributed by atoms with E-state index < -0.39 is 0 Å². The minimum atomic E-state index is -0.0906. The van der Waals surface area contributed by atoms with Crippen LogP contribution >= 0.6 is 0 Å². The van der Waals surface area contributed by atoms with Crippen molar-refractivity contribution in [2.75, 3.05) is 26.2 Å². The Kier molecular flexibility index (Phi) is 6.00. The van der Waals surface area contributed by atoms with Crippen LogP contribution in [0.3, 0.4) is 0 Å². The van der Waals surface area contributed by atoms with Crippen LogP contribution in [0.25, 0.3) is 0 Å². The first-order valence-corrected chi connectivity index (χ1v) is 11.0. The maximum Gasteiger partial charge on any atom is 0.234 e. The molecule has 2 heterocycles. The van der Waals surface area contributed by atoms with E-state index in [1.165, 1.54) is 32.1 Å². The molecule has 1 spiro atoms. The van der Waals surface area contributed by atoms with Crippen molar-refractivity contribution < 1.29 is 9.59 Å². The van der Waals surface area contributed by atoms with Crippen molar-refractivity contribution in [2.24, 2.45) is 5.92 Å². The number of hydrogen-bond donors (Lipinski definition) is 2. The predicted molar refractivity (Wildman–Crippen MR) is 110 cm³/mol. The third-order valence-electron chi connectivity index (χ3n) is 6.99. The maximum absolute atomic E-state index is 12.6. The standard InChI is InChI=1S/C23H33N3O2/c27-21(24-16-18-7-3-1-4-8-18)17-26-13-11-23(12-14-26)15-20(22(28)25-23)19-9-5-2-6-10-19/h2,5-6,9-10,18,20H,1,3-4,7-8,11-17H2,(H,24,27)(H,25,28). The van der Waals surface area contributed by atoms with Crippen LogP contribution in [0.1, 0.15) is 62.8 Å². The molecule has 1 unspecified atom stereocenters. The molecule has 1 aliphatic carbocycles. The Labute approximate surface area is 168 Å². The SMILES string of the molecule is O=C(CN1CCC2(CC1)CC(c1ccccc1)C(=O)N2)NCC1CCCCC1. The largest absolute Gasteiger partial charge is 0.355 e. The molecule has 1 aromatic carbocycles. The second kappa shape index (κ2) is 8.64. The highest BCUT2D eigenvalue weighted by atomic mass is 16.2. The normalized spacial score (nSPS) is 25.6. The fourth-order valence-corrected chi connectivity index (χ4v) is 5.21. The molecule has 2 amide bonds. The van der Waals surface area contributed by atoms with Gasteiger partial charge >= 0.3 is 0 Å². The lowest BCUT2D eigenvalue weighted by atomic mass is 9.82. The van der Waals surface area contributed by atoms with Crippen molar-refractivity contribution >= 4 is 11.8 Å². The lowest BCUT2D eigenvalue weighted by Gasteiger charge is -2.39. The molecular weight excluding hydrogens is 350 g/mol. The van der Waals surface area contributed by atoms with Crippen molar-refractivity contribution in [3.8, 4) is 0 Å². The number of hydrogen-bond acceptors (Lipinski definition) is 3. The summed E-state index contributed by atoms with van der Waals surface area (Å²) in [6, 6.07) is 10.1. The quantitative estimate of drug-likeness (QED) is 0.822. The first-order valence-electron chi connectivity index (χ1n) is 11.0. The zero-order valence-corrected chi connectivity index (χ0v) is 16.8. The molecule has 152 valence electrons. The van der Waals surface area contributed by atoms with Gasteiger partial charge in [-0.2, -0.15) is 0 Å². The van der Waals surface area contributed by atoms with Gasteiger partial charge in [0.25, 0.3) is 0 Å². The molecule has 5 nitrogen and oxygen atoms in total. The van der Waals surface area contributed by atoms with Gasteiger partial charge in [-0.3, -0.25) is 14.5 Å². The summed E-state index contributed by atoms with van der Waals surface area (Å²) in [5.41, 5.74) is 1.02. The fourth-order valence-electron chi connectivity index (χ4n) is 5.21. The van der Waals surface area contributed by atoms with Crippen molar-refractivity contribution in [3.63, 3.8) is 0 Å². The van der Waals surface area contributed by atoms with Gasteiger partial charge in [0.05, 0.1) is 12.5 Å². The van der Waals surface area contributed by atoms with Crippen LogP contribution in [0.15, 0.2) is 30.3 Å². The van der Waals surface area contributed by atoms with Gasteiger partial charge in [0, 0.05) is 25.2 Å². The van der Waals surface area contributed by atoms with Crippen molar-refractivity contribution in [3.05, 3.63) is 35.9 Å².